The minimum Gasteiger partial charge on any atom is -0.440 e. The maximum absolute atomic E-state index is 12.0. The fourth-order valence-electron chi connectivity index (χ4n) is 1.20. The molecule has 0 amide bonds. The molecule has 1 aromatic rings. The normalized spacial score (nSPS) is 11.6. The van der Waals surface area contributed by atoms with Gasteiger partial charge in [-0.1, -0.05) is 13.0 Å². The summed E-state index contributed by atoms with van der Waals surface area (Å²) in [6.07, 6.45) is 1.95. The average molecular weight is 243 g/mol. The summed E-state index contributed by atoms with van der Waals surface area (Å²) < 4.78 is 30.0. The third-order valence-electron chi connectivity index (χ3n) is 2.00. The van der Waals surface area contributed by atoms with Crippen molar-refractivity contribution in [1.82, 2.24) is 4.31 Å². The van der Waals surface area contributed by atoms with Gasteiger partial charge in [-0.3, -0.25) is 4.79 Å². The summed E-state index contributed by atoms with van der Waals surface area (Å²) in [5, 5.41) is -0.224. The Hall–Kier alpha value is -1.40. The maximum atomic E-state index is 12.0. The van der Waals surface area contributed by atoms with E-state index in [1.807, 2.05) is 0 Å². The first kappa shape index (κ1) is 12.7. The number of rotatable bonds is 6. The van der Waals surface area contributed by atoms with Gasteiger partial charge < -0.3 is 4.42 Å². The molecule has 0 aliphatic carbocycles. The van der Waals surface area contributed by atoms with Crippen LogP contribution in [0.1, 0.15) is 17.5 Å². The first-order chi connectivity index (χ1) is 7.56. The van der Waals surface area contributed by atoms with Gasteiger partial charge in [-0.15, -0.1) is 6.58 Å². The molecule has 0 unspecified atom stereocenters. The second-order valence-corrected chi connectivity index (χ2v) is 4.89. The molecule has 1 rings (SSSR count). The molecule has 0 aromatic carbocycles. The Bertz CT molecular complexity index is 475. The van der Waals surface area contributed by atoms with Crippen LogP contribution in [-0.4, -0.2) is 32.1 Å². The van der Waals surface area contributed by atoms with Crippen LogP contribution in [0.2, 0.25) is 0 Å². The Morgan fingerprint density at radius 1 is 1.50 bits per heavy atom. The zero-order valence-electron chi connectivity index (χ0n) is 8.92. The Labute approximate surface area is 94.4 Å². The first-order valence-corrected chi connectivity index (χ1v) is 6.16. The number of sulfonamides is 1. The SMILES string of the molecule is C=CCN(CC)S(=O)(=O)c1ccc(C=O)o1. The van der Waals surface area contributed by atoms with Crippen molar-refractivity contribution >= 4 is 16.3 Å². The molecular weight excluding hydrogens is 230 g/mol. The van der Waals surface area contributed by atoms with Crippen LogP contribution in [0.5, 0.6) is 0 Å². The van der Waals surface area contributed by atoms with Crippen LogP contribution in [0.4, 0.5) is 0 Å². The summed E-state index contributed by atoms with van der Waals surface area (Å²) in [5.41, 5.74) is 0. The monoisotopic (exact) mass is 243 g/mol. The Morgan fingerprint density at radius 3 is 2.62 bits per heavy atom. The van der Waals surface area contributed by atoms with Crippen molar-refractivity contribution in [3.8, 4) is 0 Å². The molecule has 1 aromatic heterocycles. The summed E-state index contributed by atoms with van der Waals surface area (Å²) in [4.78, 5) is 10.4. The number of furan rings is 1. The lowest BCUT2D eigenvalue weighted by atomic mass is 10.5. The van der Waals surface area contributed by atoms with Crippen LogP contribution < -0.4 is 0 Å². The summed E-state index contributed by atoms with van der Waals surface area (Å²) in [7, 11) is -3.67. The van der Waals surface area contributed by atoms with Crippen LogP contribution in [-0.2, 0) is 10.0 Å². The fraction of sp³-hybridized carbons (Fsp3) is 0.300. The maximum Gasteiger partial charge on any atom is 0.276 e. The average Bonchev–Trinajstić information content (AvgIpc) is 2.74. The Balaban J connectivity index is 3.08. The van der Waals surface area contributed by atoms with E-state index in [1.165, 1.54) is 22.5 Å². The fourth-order valence-corrected chi connectivity index (χ4v) is 2.54. The molecular formula is C10H13NO4S. The molecule has 0 aliphatic heterocycles. The molecule has 0 bridgehead atoms. The van der Waals surface area contributed by atoms with E-state index < -0.39 is 10.0 Å². The van der Waals surface area contributed by atoms with E-state index in [0.717, 1.165) is 0 Å². The molecule has 0 saturated carbocycles. The van der Waals surface area contributed by atoms with Crippen LogP contribution in [0.3, 0.4) is 0 Å². The van der Waals surface area contributed by atoms with Crippen LogP contribution in [0.15, 0.2) is 34.3 Å². The van der Waals surface area contributed by atoms with Gasteiger partial charge in [-0.2, -0.15) is 4.31 Å². The van der Waals surface area contributed by atoms with Gasteiger partial charge >= 0.3 is 0 Å². The highest BCUT2D eigenvalue weighted by Crippen LogP contribution is 2.17. The third kappa shape index (κ3) is 2.40. The molecule has 5 nitrogen and oxygen atoms in total. The van der Waals surface area contributed by atoms with E-state index in [0.29, 0.717) is 12.8 Å². The quantitative estimate of drug-likeness (QED) is 0.557. The highest BCUT2D eigenvalue weighted by atomic mass is 32.2. The molecule has 0 fully saturated rings. The molecule has 1 heterocycles. The van der Waals surface area contributed by atoms with Crippen LogP contribution in [0.25, 0.3) is 0 Å². The van der Waals surface area contributed by atoms with Crippen LogP contribution >= 0.6 is 0 Å². The zero-order valence-corrected chi connectivity index (χ0v) is 9.74. The van der Waals surface area contributed by atoms with E-state index in [2.05, 4.69) is 6.58 Å². The first-order valence-electron chi connectivity index (χ1n) is 4.72. The molecule has 0 radical (unpaired) electrons. The smallest absolute Gasteiger partial charge is 0.276 e. The number of hydrogen-bond donors (Lipinski definition) is 0. The van der Waals surface area contributed by atoms with Crippen molar-refractivity contribution in [2.75, 3.05) is 13.1 Å². The lowest BCUT2D eigenvalue weighted by Gasteiger charge is -2.16. The highest BCUT2D eigenvalue weighted by Gasteiger charge is 2.25. The van der Waals surface area contributed by atoms with Crippen LogP contribution in [0, 0.1) is 0 Å². The zero-order chi connectivity index (χ0) is 12.2. The van der Waals surface area contributed by atoms with Gasteiger partial charge in [0.1, 0.15) is 0 Å². The minimum absolute atomic E-state index is 0.00627. The molecule has 0 spiro atoms. The predicted molar refractivity (Wildman–Crippen MR) is 58.7 cm³/mol. The van der Waals surface area contributed by atoms with Gasteiger partial charge in [0.2, 0.25) is 5.09 Å². The Kier molecular flexibility index (Phi) is 4.03. The highest BCUT2D eigenvalue weighted by molar-refractivity contribution is 7.89. The summed E-state index contributed by atoms with van der Waals surface area (Å²) in [5.74, 6) is -0.00627. The van der Waals surface area contributed by atoms with Gasteiger partial charge in [0.25, 0.3) is 10.0 Å². The van der Waals surface area contributed by atoms with Gasteiger partial charge in [0, 0.05) is 13.1 Å². The summed E-state index contributed by atoms with van der Waals surface area (Å²) in [6.45, 7) is 5.71. The molecule has 6 heteroatoms. The summed E-state index contributed by atoms with van der Waals surface area (Å²) in [6, 6.07) is 2.59. The molecule has 88 valence electrons. The number of carbonyl (C=O) groups excluding carboxylic acids is 1. The molecule has 0 saturated heterocycles. The molecule has 16 heavy (non-hydrogen) atoms. The molecule has 0 aliphatic rings. The second kappa shape index (κ2) is 5.09. The van der Waals surface area contributed by atoms with E-state index in [-0.39, 0.29) is 17.4 Å². The number of hydrogen-bond acceptors (Lipinski definition) is 4. The number of carbonyl (C=O) groups is 1. The standard InChI is InChI=1S/C10H13NO4S/c1-3-7-11(4-2)16(13,14)10-6-5-9(8-12)15-10/h3,5-6,8H,1,4,7H2,2H3. The Morgan fingerprint density at radius 2 is 2.19 bits per heavy atom. The largest absolute Gasteiger partial charge is 0.440 e. The van der Waals surface area contributed by atoms with Crippen molar-refractivity contribution in [3.05, 3.63) is 30.5 Å². The second-order valence-electron chi connectivity index (χ2n) is 3.02. The molecule has 0 atom stereocenters. The third-order valence-corrected chi connectivity index (χ3v) is 3.81. The lowest BCUT2D eigenvalue weighted by Crippen LogP contribution is -2.30. The van der Waals surface area contributed by atoms with Gasteiger partial charge in [0.15, 0.2) is 12.0 Å². The van der Waals surface area contributed by atoms with Gasteiger partial charge in [0.05, 0.1) is 0 Å². The van der Waals surface area contributed by atoms with E-state index in [1.54, 1.807) is 6.92 Å². The topological polar surface area (TPSA) is 67.6 Å². The minimum atomic E-state index is -3.67. The summed E-state index contributed by atoms with van der Waals surface area (Å²) >= 11 is 0. The number of aldehydes is 1. The van der Waals surface area contributed by atoms with Crippen molar-refractivity contribution in [2.24, 2.45) is 0 Å². The van der Waals surface area contributed by atoms with Crippen molar-refractivity contribution < 1.29 is 17.6 Å². The number of nitrogens with zero attached hydrogens (tertiary/aromatic N) is 1. The van der Waals surface area contributed by atoms with Crippen molar-refractivity contribution in [3.63, 3.8) is 0 Å². The number of likely N-dealkylation sites (N-methyl/N-ethyl adjacent to an activating group) is 1. The predicted octanol–water partition coefficient (Wildman–Crippen LogP) is 1.29. The van der Waals surface area contributed by atoms with E-state index in [4.69, 9.17) is 4.42 Å². The van der Waals surface area contributed by atoms with Crippen molar-refractivity contribution in [1.29, 1.82) is 0 Å². The van der Waals surface area contributed by atoms with Crippen molar-refractivity contribution in [2.45, 2.75) is 12.0 Å². The van der Waals surface area contributed by atoms with Gasteiger partial charge in [-0.25, -0.2) is 8.42 Å². The van der Waals surface area contributed by atoms with Gasteiger partial charge in [-0.05, 0) is 12.1 Å². The molecule has 0 N–H and O–H groups in total. The lowest BCUT2D eigenvalue weighted by molar-refractivity contribution is 0.109. The van der Waals surface area contributed by atoms with E-state index >= 15 is 0 Å². The van der Waals surface area contributed by atoms with E-state index in [9.17, 15) is 13.2 Å².